The third-order valence-electron chi connectivity index (χ3n) is 1.71. The van der Waals surface area contributed by atoms with Crippen LogP contribution in [0.2, 0.25) is 0 Å². The van der Waals surface area contributed by atoms with Crippen LogP contribution in [0, 0.1) is 0 Å². The summed E-state index contributed by atoms with van der Waals surface area (Å²) < 4.78 is 0. The van der Waals surface area contributed by atoms with Gasteiger partial charge in [-0.1, -0.05) is 13.8 Å². The monoisotopic (exact) mass is 172 g/mol. The maximum Gasteiger partial charge on any atom is 0.0226 e. The Morgan fingerprint density at radius 2 is 1.50 bits per heavy atom. The average Bonchev–Trinajstić information content (AvgIpc) is 1.84. The maximum absolute atomic E-state index is 5.96. The van der Waals surface area contributed by atoms with E-state index in [1.54, 1.807) is 0 Å². The van der Waals surface area contributed by atoms with Gasteiger partial charge in [-0.25, -0.2) is 0 Å². The molecule has 0 amide bonds. The Labute approximate surface area is 77.1 Å². The summed E-state index contributed by atoms with van der Waals surface area (Å²) in [4.78, 5) is 2.44. The van der Waals surface area contributed by atoms with Gasteiger partial charge in [-0.3, -0.25) is 0 Å². The van der Waals surface area contributed by atoms with Gasteiger partial charge in [0.2, 0.25) is 0 Å². The van der Waals surface area contributed by atoms with E-state index in [0.29, 0.717) is 0 Å². The molecule has 0 aromatic heterocycles. The van der Waals surface area contributed by atoms with Crippen molar-refractivity contribution in [3.8, 4) is 0 Å². The number of rotatable bonds is 6. The summed E-state index contributed by atoms with van der Waals surface area (Å²) in [6, 6.07) is 0. The standard InChI is InChI=1S/C10H24N2/c1-5-7-12(8-6-2)9-10(3,4)11/h5-9,11H2,1-4H3. The lowest BCUT2D eigenvalue weighted by Crippen LogP contribution is -2.45. The fourth-order valence-corrected chi connectivity index (χ4v) is 1.48. The van der Waals surface area contributed by atoms with Gasteiger partial charge in [0.25, 0.3) is 0 Å². The molecule has 74 valence electrons. The van der Waals surface area contributed by atoms with Gasteiger partial charge in [-0.05, 0) is 39.8 Å². The zero-order chi connectivity index (χ0) is 9.61. The highest BCUT2D eigenvalue weighted by molar-refractivity contribution is 4.76. The summed E-state index contributed by atoms with van der Waals surface area (Å²) in [7, 11) is 0. The molecule has 0 fully saturated rings. The van der Waals surface area contributed by atoms with Crippen LogP contribution in [0.5, 0.6) is 0 Å². The number of hydrogen-bond acceptors (Lipinski definition) is 2. The van der Waals surface area contributed by atoms with Crippen LogP contribution in [0.25, 0.3) is 0 Å². The Morgan fingerprint density at radius 3 is 1.75 bits per heavy atom. The van der Waals surface area contributed by atoms with Gasteiger partial charge in [0, 0.05) is 12.1 Å². The van der Waals surface area contributed by atoms with Crippen LogP contribution in [-0.2, 0) is 0 Å². The lowest BCUT2D eigenvalue weighted by atomic mass is 10.1. The minimum atomic E-state index is -0.0513. The fourth-order valence-electron chi connectivity index (χ4n) is 1.48. The molecule has 0 atom stereocenters. The Bertz CT molecular complexity index is 98.9. The third kappa shape index (κ3) is 6.62. The summed E-state index contributed by atoms with van der Waals surface area (Å²) in [5.41, 5.74) is 5.90. The van der Waals surface area contributed by atoms with E-state index in [1.807, 2.05) is 0 Å². The van der Waals surface area contributed by atoms with Crippen LogP contribution in [0.1, 0.15) is 40.5 Å². The van der Waals surface area contributed by atoms with Gasteiger partial charge in [-0.15, -0.1) is 0 Å². The van der Waals surface area contributed by atoms with E-state index in [2.05, 4.69) is 32.6 Å². The summed E-state index contributed by atoms with van der Waals surface area (Å²) in [5, 5.41) is 0. The van der Waals surface area contributed by atoms with Crippen molar-refractivity contribution in [1.29, 1.82) is 0 Å². The molecule has 2 heteroatoms. The molecular weight excluding hydrogens is 148 g/mol. The quantitative estimate of drug-likeness (QED) is 0.662. The predicted octanol–water partition coefficient (Wildman–Crippen LogP) is 1.85. The zero-order valence-corrected chi connectivity index (χ0v) is 9.06. The smallest absolute Gasteiger partial charge is 0.0226 e. The molecule has 0 spiro atoms. The fraction of sp³-hybridized carbons (Fsp3) is 1.00. The molecule has 0 aromatic carbocycles. The first-order valence-electron chi connectivity index (χ1n) is 5.01. The Morgan fingerprint density at radius 1 is 1.08 bits per heavy atom. The highest BCUT2D eigenvalue weighted by Gasteiger charge is 2.14. The minimum Gasteiger partial charge on any atom is -0.324 e. The number of nitrogens with two attached hydrogens (primary N) is 1. The summed E-state index contributed by atoms with van der Waals surface area (Å²) >= 11 is 0. The van der Waals surface area contributed by atoms with E-state index in [0.717, 1.165) is 6.54 Å². The molecule has 0 saturated carbocycles. The van der Waals surface area contributed by atoms with Gasteiger partial charge in [0.05, 0.1) is 0 Å². The lowest BCUT2D eigenvalue weighted by Gasteiger charge is -2.29. The molecule has 0 unspecified atom stereocenters. The second kappa shape index (κ2) is 5.55. The molecule has 0 radical (unpaired) electrons. The lowest BCUT2D eigenvalue weighted by molar-refractivity contribution is 0.226. The van der Waals surface area contributed by atoms with Crippen molar-refractivity contribution in [1.82, 2.24) is 4.90 Å². The molecule has 0 heterocycles. The second-order valence-corrected chi connectivity index (χ2v) is 4.26. The summed E-state index contributed by atoms with van der Waals surface area (Å²) in [6.07, 6.45) is 2.44. The molecule has 2 nitrogen and oxygen atoms in total. The zero-order valence-electron chi connectivity index (χ0n) is 9.06. The highest BCUT2D eigenvalue weighted by Crippen LogP contribution is 2.03. The molecular formula is C10H24N2. The van der Waals surface area contributed by atoms with Gasteiger partial charge >= 0.3 is 0 Å². The minimum absolute atomic E-state index is 0.0513. The van der Waals surface area contributed by atoms with Crippen molar-refractivity contribution in [3.05, 3.63) is 0 Å². The van der Waals surface area contributed by atoms with E-state index < -0.39 is 0 Å². The van der Waals surface area contributed by atoms with E-state index in [9.17, 15) is 0 Å². The van der Waals surface area contributed by atoms with Gasteiger partial charge in [-0.2, -0.15) is 0 Å². The molecule has 0 aliphatic carbocycles. The SMILES string of the molecule is CCCN(CCC)CC(C)(C)N. The first kappa shape index (κ1) is 11.9. The second-order valence-electron chi connectivity index (χ2n) is 4.26. The number of nitrogens with zero attached hydrogens (tertiary/aromatic N) is 1. The molecule has 12 heavy (non-hydrogen) atoms. The molecule has 0 bridgehead atoms. The van der Waals surface area contributed by atoms with Crippen molar-refractivity contribution in [3.63, 3.8) is 0 Å². The molecule has 2 N–H and O–H groups in total. The van der Waals surface area contributed by atoms with Crippen molar-refractivity contribution in [2.24, 2.45) is 5.73 Å². The first-order valence-corrected chi connectivity index (χ1v) is 5.01. The molecule has 0 aliphatic rings. The predicted molar refractivity (Wildman–Crippen MR) is 55.3 cm³/mol. The van der Waals surface area contributed by atoms with Crippen molar-refractivity contribution >= 4 is 0 Å². The highest BCUT2D eigenvalue weighted by atomic mass is 15.1. The molecule has 0 aromatic rings. The van der Waals surface area contributed by atoms with Gasteiger partial charge < -0.3 is 10.6 Å². The summed E-state index contributed by atoms with van der Waals surface area (Å²) in [6.45, 7) is 12.0. The van der Waals surface area contributed by atoms with Gasteiger partial charge in [0.1, 0.15) is 0 Å². The van der Waals surface area contributed by atoms with Crippen molar-refractivity contribution in [2.75, 3.05) is 19.6 Å². The van der Waals surface area contributed by atoms with E-state index in [-0.39, 0.29) is 5.54 Å². The molecule has 0 aliphatic heterocycles. The molecule has 0 saturated heterocycles. The first-order chi connectivity index (χ1) is 5.49. The van der Waals surface area contributed by atoms with E-state index in [1.165, 1.54) is 25.9 Å². The van der Waals surface area contributed by atoms with Crippen LogP contribution in [0.4, 0.5) is 0 Å². The largest absolute Gasteiger partial charge is 0.324 e. The Balaban J connectivity index is 3.77. The van der Waals surface area contributed by atoms with Crippen LogP contribution >= 0.6 is 0 Å². The maximum atomic E-state index is 5.96. The topological polar surface area (TPSA) is 29.3 Å². The normalized spacial score (nSPS) is 12.5. The van der Waals surface area contributed by atoms with Crippen LogP contribution in [0.3, 0.4) is 0 Å². The van der Waals surface area contributed by atoms with E-state index in [4.69, 9.17) is 5.73 Å². The summed E-state index contributed by atoms with van der Waals surface area (Å²) in [5.74, 6) is 0. The van der Waals surface area contributed by atoms with Crippen LogP contribution in [0.15, 0.2) is 0 Å². The van der Waals surface area contributed by atoms with E-state index >= 15 is 0 Å². The average molecular weight is 172 g/mol. The Hall–Kier alpha value is -0.0800. The van der Waals surface area contributed by atoms with Crippen LogP contribution < -0.4 is 5.73 Å². The number of hydrogen-bond donors (Lipinski definition) is 1. The van der Waals surface area contributed by atoms with Gasteiger partial charge in [0.15, 0.2) is 0 Å². The van der Waals surface area contributed by atoms with Crippen molar-refractivity contribution in [2.45, 2.75) is 46.1 Å². The molecule has 0 rings (SSSR count). The third-order valence-corrected chi connectivity index (χ3v) is 1.71. The Kier molecular flexibility index (Phi) is 5.51. The van der Waals surface area contributed by atoms with Crippen molar-refractivity contribution < 1.29 is 0 Å². The van der Waals surface area contributed by atoms with Crippen LogP contribution in [-0.4, -0.2) is 30.1 Å².